The molecule has 0 bridgehead atoms. The third kappa shape index (κ3) is 3.31. The summed E-state index contributed by atoms with van der Waals surface area (Å²) in [7, 11) is 0. The zero-order chi connectivity index (χ0) is 14.7. The molecule has 2 heterocycles. The molecular formula is C16H18N2O2S. The fraction of sp³-hybridized carbons (Fsp3) is 0.375. The number of aliphatic hydroxyl groups excluding tert-OH is 1. The van der Waals surface area contributed by atoms with Crippen molar-refractivity contribution in [1.29, 1.82) is 0 Å². The van der Waals surface area contributed by atoms with Crippen molar-refractivity contribution in [2.75, 3.05) is 19.7 Å². The highest BCUT2D eigenvalue weighted by Gasteiger charge is 2.27. The number of nitrogens with zero attached hydrogens (tertiary/aromatic N) is 2. The van der Waals surface area contributed by atoms with Crippen molar-refractivity contribution in [3.05, 3.63) is 52.0 Å². The van der Waals surface area contributed by atoms with Crippen LogP contribution < -0.4 is 0 Å². The molecule has 0 spiro atoms. The average Bonchev–Trinajstić information content (AvgIpc) is 3.16. The van der Waals surface area contributed by atoms with Crippen molar-refractivity contribution in [3.63, 3.8) is 0 Å². The van der Waals surface area contributed by atoms with Crippen LogP contribution in [-0.4, -0.2) is 40.6 Å². The van der Waals surface area contributed by atoms with Crippen LogP contribution in [0.15, 0.2) is 36.5 Å². The quantitative estimate of drug-likeness (QED) is 0.942. The van der Waals surface area contributed by atoms with Crippen LogP contribution >= 0.6 is 11.3 Å². The molecule has 1 saturated heterocycles. The first-order chi connectivity index (χ1) is 10.3. The van der Waals surface area contributed by atoms with Gasteiger partial charge < -0.3 is 10.0 Å². The molecule has 1 fully saturated rings. The summed E-state index contributed by atoms with van der Waals surface area (Å²) >= 11 is 1.47. The van der Waals surface area contributed by atoms with Crippen molar-refractivity contribution in [3.8, 4) is 0 Å². The molecular weight excluding hydrogens is 284 g/mol. The maximum Gasteiger partial charge on any atom is 0.265 e. The maximum atomic E-state index is 12.4. The van der Waals surface area contributed by atoms with E-state index in [1.54, 1.807) is 6.20 Å². The molecule has 1 aliphatic rings. The summed E-state index contributed by atoms with van der Waals surface area (Å²) in [6.07, 6.45) is 3.33. The summed E-state index contributed by atoms with van der Waals surface area (Å²) in [5, 5.41) is 10.1. The highest BCUT2D eigenvalue weighted by molar-refractivity contribution is 7.13. The second-order valence-corrected chi connectivity index (χ2v) is 6.48. The van der Waals surface area contributed by atoms with Gasteiger partial charge in [-0.3, -0.25) is 4.79 Å². The molecule has 1 amide bonds. The third-order valence-electron chi connectivity index (χ3n) is 3.79. The zero-order valence-corrected chi connectivity index (χ0v) is 12.6. The maximum absolute atomic E-state index is 12.4. The second kappa shape index (κ2) is 6.37. The lowest BCUT2D eigenvalue weighted by Crippen LogP contribution is -2.28. The Morgan fingerprint density at radius 2 is 2.19 bits per heavy atom. The monoisotopic (exact) mass is 302 g/mol. The molecule has 1 atom stereocenters. The highest BCUT2D eigenvalue weighted by Crippen LogP contribution is 2.22. The lowest BCUT2D eigenvalue weighted by Gasteiger charge is -2.14. The number of amides is 1. The third-order valence-corrected chi connectivity index (χ3v) is 4.78. The Balaban J connectivity index is 1.66. The Hall–Kier alpha value is -1.72. The molecule has 1 N–H and O–H groups in total. The molecule has 1 aromatic heterocycles. The number of benzene rings is 1. The van der Waals surface area contributed by atoms with E-state index in [-0.39, 0.29) is 18.4 Å². The molecule has 3 rings (SSSR count). The Morgan fingerprint density at radius 3 is 2.90 bits per heavy atom. The summed E-state index contributed by atoms with van der Waals surface area (Å²) in [5.74, 6) is 0.272. The van der Waals surface area contributed by atoms with E-state index in [0.717, 1.165) is 24.4 Å². The molecule has 5 heteroatoms. The number of likely N-dealkylation sites (tertiary alicyclic amines) is 1. The van der Waals surface area contributed by atoms with Gasteiger partial charge in [0, 0.05) is 32.0 Å². The predicted octanol–water partition coefficient (Wildman–Crippen LogP) is 2.19. The minimum absolute atomic E-state index is 0.0442. The van der Waals surface area contributed by atoms with Gasteiger partial charge in [0.05, 0.1) is 11.2 Å². The minimum Gasteiger partial charge on any atom is -0.396 e. The fourth-order valence-corrected chi connectivity index (χ4v) is 3.50. The van der Waals surface area contributed by atoms with Gasteiger partial charge in [-0.2, -0.15) is 0 Å². The van der Waals surface area contributed by atoms with Gasteiger partial charge in [0.15, 0.2) is 0 Å². The number of carbonyl (C=O) groups excluding carboxylic acids is 1. The Morgan fingerprint density at radius 1 is 1.38 bits per heavy atom. The van der Waals surface area contributed by atoms with Crippen molar-refractivity contribution in [2.45, 2.75) is 12.8 Å². The first kappa shape index (κ1) is 14.2. The fourth-order valence-electron chi connectivity index (χ4n) is 2.58. The van der Waals surface area contributed by atoms with E-state index in [0.29, 0.717) is 11.4 Å². The second-order valence-electron chi connectivity index (χ2n) is 5.37. The molecule has 0 radical (unpaired) electrons. The molecule has 0 aliphatic carbocycles. The highest BCUT2D eigenvalue weighted by atomic mass is 32.1. The number of rotatable bonds is 4. The summed E-state index contributed by atoms with van der Waals surface area (Å²) in [4.78, 5) is 19.3. The van der Waals surface area contributed by atoms with Crippen LogP contribution in [0.3, 0.4) is 0 Å². The van der Waals surface area contributed by atoms with Gasteiger partial charge in [-0.05, 0) is 12.0 Å². The Kier molecular flexibility index (Phi) is 4.31. The largest absolute Gasteiger partial charge is 0.396 e. The number of aromatic nitrogens is 1. The van der Waals surface area contributed by atoms with Gasteiger partial charge in [0.1, 0.15) is 4.88 Å². The average molecular weight is 302 g/mol. The van der Waals surface area contributed by atoms with Gasteiger partial charge in [-0.15, -0.1) is 11.3 Å². The SMILES string of the molecule is O=C(c1cnc(Cc2ccccc2)s1)N1CCC(CO)C1. The molecule has 4 nitrogen and oxygen atoms in total. The number of aliphatic hydroxyl groups is 1. The van der Waals surface area contributed by atoms with Crippen LogP contribution in [0, 0.1) is 5.92 Å². The van der Waals surface area contributed by atoms with Crippen LogP contribution in [0.5, 0.6) is 0 Å². The summed E-state index contributed by atoms with van der Waals surface area (Å²) in [5.41, 5.74) is 1.20. The molecule has 2 aromatic rings. The summed E-state index contributed by atoms with van der Waals surface area (Å²) < 4.78 is 0. The first-order valence-corrected chi connectivity index (χ1v) is 7.96. The van der Waals surface area contributed by atoms with E-state index < -0.39 is 0 Å². The van der Waals surface area contributed by atoms with Gasteiger partial charge >= 0.3 is 0 Å². The van der Waals surface area contributed by atoms with Crippen molar-refractivity contribution in [1.82, 2.24) is 9.88 Å². The van der Waals surface area contributed by atoms with E-state index in [1.165, 1.54) is 16.9 Å². The Labute approximate surface area is 128 Å². The number of thiazole rings is 1. The van der Waals surface area contributed by atoms with Gasteiger partial charge in [0.2, 0.25) is 0 Å². The first-order valence-electron chi connectivity index (χ1n) is 7.15. The van der Waals surface area contributed by atoms with Crippen LogP contribution in [0.1, 0.15) is 26.7 Å². The molecule has 1 aliphatic heterocycles. The van der Waals surface area contributed by atoms with E-state index in [2.05, 4.69) is 17.1 Å². The van der Waals surface area contributed by atoms with Crippen molar-refractivity contribution in [2.24, 2.45) is 5.92 Å². The van der Waals surface area contributed by atoms with Crippen LogP contribution in [0.2, 0.25) is 0 Å². The minimum atomic E-state index is 0.0442. The van der Waals surface area contributed by atoms with E-state index in [4.69, 9.17) is 5.11 Å². The van der Waals surface area contributed by atoms with Gasteiger partial charge in [-0.25, -0.2) is 4.98 Å². The lowest BCUT2D eigenvalue weighted by molar-refractivity contribution is 0.0786. The van der Waals surface area contributed by atoms with E-state index in [1.807, 2.05) is 23.1 Å². The number of hydrogen-bond donors (Lipinski definition) is 1. The van der Waals surface area contributed by atoms with Gasteiger partial charge in [0.25, 0.3) is 5.91 Å². The standard InChI is InChI=1S/C16H18N2O2S/c19-11-13-6-7-18(10-13)16(20)14-9-17-15(21-14)8-12-4-2-1-3-5-12/h1-5,9,13,19H,6-8,10-11H2. The zero-order valence-electron chi connectivity index (χ0n) is 11.7. The lowest BCUT2D eigenvalue weighted by atomic mass is 10.1. The molecule has 1 unspecified atom stereocenters. The van der Waals surface area contributed by atoms with Crippen LogP contribution in [0.25, 0.3) is 0 Å². The number of carbonyl (C=O) groups is 1. The van der Waals surface area contributed by atoms with Crippen LogP contribution in [0.4, 0.5) is 0 Å². The Bertz CT molecular complexity index is 612. The van der Waals surface area contributed by atoms with Crippen molar-refractivity contribution >= 4 is 17.2 Å². The molecule has 110 valence electrons. The summed E-state index contributed by atoms with van der Waals surface area (Å²) in [6.45, 7) is 1.54. The van der Waals surface area contributed by atoms with E-state index >= 15 is 0 Å². The smallest absolute Gasteiger partial charge is 0.265 e. The normalized spacial score (nSPS) is 18.1. The van der Waals surface area contributed by atoms with E-state index in [9.17, 15) is 4.79 Å². The molecule has 0 saturated carbocycles. The summed E-state index contributed by atoms with van der Waals surface area (Å²) in [6, 6.07) is 10.1. The number of hydrogen-bond acceptors (Lipinski definition) is 4. The predicted molar refractivity (Wildman–Crippen MR) is 82.5 cm³/mol. The van der Waals surface area contributed by atoms with Gasteiger partial charge in [-0.1, -0.05) is 30.3 Å². The topological polar surface area (TPSA) is 53.4 Å². The molecule has 21 heavy (non-hydrogen) atoms. The van der Waals surface area contributed by atoms with Crippen LogP contribution in [-0.2, 0) is 6.42 Å². The molecule has 1 aromatic carbocycles. The van der Waals surface area contributed by atoms with Crippen molar-refractivity contribution < 1.29 is 9.90 Å².